The molecule has 0 radical (unpaired) electrons. The summed E-state index contributed by atoms with van der Waals surface area (Å²) in [6, 6.07) is 13.8. The molecule has 3 aromatic rings. The molecule has 0 amide bonds. The smallest absolute Gasteiger partial charge is 0.165 e. The van der Waals surface area contributed by atoms with Gasteiger partial charge in [0.1, 0.15) is 30.9 Å². The maximum Gasteiger partial charge on any atom is 0.165 e. The van der Waals surface area contributed by atoms with Crippen molar-refractivity contribution in [1.29, 1.82) is 0 Å². The summed E-state index contributed by atoms with van der Waals surface area (Å²) < 4.78 is 23.2. The zero-order valence-electron chi connectivity index (χ0n) is 18.9. The van der Waals surface area contributed by atoms with E-state index in [-0.39, 0.29) is 6.10 Å². The lowest BCUT2D eigenvalue weighted by atomic mass is 10.1. The van der Waals surface area contributed by atoms with Crippen molar-refractivity contribution in [3.63, 3.8) is 0 Å². The van der Waals surface area contributed by atoms with Crippen LogP contribution in [0, 0.1) is 6.92 Å². The Labute approximate surface area is 193 Å². The molecule has 1 N–H and O–H groups in total. The Bertz CT molecular complexity index is 1110. The third kappa shape index (κ3) is 5.02. The summed E-state index contributed by atoms with van der Waals surface area (Å²) in [6.07, 6.45) is 1.65. The zero-order chi connectivity index (χ0) is 22.6. The van der Waals surface area contributed by atoms with Crippen LogP contribution in [0.15, 0.2) is 48.7 Å². The lowest BCUT2D eigenvalue weighted by Gasteiger charge is -2.33. The molecule has 0 aliphatic carbocycles. The van der Waals surface area contributed by atoms with Gasteiger partial charge >= 0.3 is 0 Å². The molecule has 33 heavy (non-hydrogen) atoms. The number of fused-ring (bicyclic) bond motifs is 1. The van der Waals surface area contributed by atoms with E-state index >= 15 is 0 Å². The van der Waals surface area contributed by atoms with Gasteiger partial charge in [0.25, 0.3) is 0 Å². The van der Waals surface area contributed by atoms with E-state index in [4.69, 9.17) is 23.9 Å². The summed E-state index contributed by atoms with van der Waals surface area (Å²) in [7, 11) is 1.68. The maximum atomic E-state index is 6.12. The summed E-state index contributed by atoms with van der Waals surface area (Å²) >= 11 is 0. The van der Waals surface area contributed by atoms with E-state index in [1.807, 2.05) is 49.4 Å². The molecule has 0 spiro atoms. The van der Waals surface area contributed by atoms with Gasteiger partial charge in [0.05, 0.1) is 19.4 Å². The normalized spacial score (nSPS) is 18.1. The van der Waals surface area contributed by atoms with Crippen LogP contribution in [0.25, 0.3) is 0 Å². The van der Waals surface area contributed by atoms with Crippen molar-refractivity contribution < 1.29 is 18.9 Å². The van der Waals surface area contributed by atoms with Crippen LogP contribution in [0.5, 0.6) is 17.2 Å². The number of pyridine rings is 2. The minimum absolute atomic E-state index is 0.119. The summed E-state index contributed by atoms with van der Waals surface area (Å²) in [6.45, 7) is 6.04. The van der Waals surface area contributed by atoms with Gasteiger partial charge in [0.2, 0.25) is 0 Å². The molecule has 2 aliphatic heterocycles. The van der Waals surface area contributed by atoms with E-state index in [1.54, 1.807) is 13.3 Å². The van der Waals surface area contributed by atoms with Crippen molar-refractivity contribution in [2.24, 2.45) is 0 Å². The van der Waals surface area contributed by atoms with Gasteiger partial charge in [-0.3, -0.25) is 9.88 Å². The van der Waals surface area contributed by atoms with Crippen LogP contribution in [0.1, 0.15) is 23.1 Å². The molecule has 5 rings (SSSR count). The fourth-order valence-electron chi connectivity index (χ4n) is 4.21. The van der Waals surface area contributed by atoms with Crippen molar-refractivity contribution in [3.05, 3.63) is 65.6 Å². The van der Waals surface area contributed by atoms with Gasteiger partial charge in [-0.05, 0) is 37.3 Å². The number of nitrogens with zero attached hydrogens (tertiary/aromatic N) is 3. The molecule has 0 saturated carbocycles. The first-order valence-corrected chi connectivity index (χ1v) is 11.1. The summed E-state index contributed by atoms with van der Waals surface area (Å²) in [5.74, 6) is 3.11. The third-order valence-electron chi connectivity index (χ3n) is 5.73. The number of hydrogen-bond donors (Lipinski definition) is 1. The van der Waals surface area contributed by atoms with Crippen molar-refractivity contribution in [2.75, 3.05) is 45.3 Å². The highest BCUT2D eigenvalue weighted by atomic mass is 16.6. The largest absolute Gasteiger partial charge is 0.496 e. The van der Waals surface area contributed by atoms with E-state index in [1.165, 1.54) is 0 Å². The second kappa shape index (κ2) is 9.64. The van der Waals surface area contributed by atoms with Crippen LogP contribution < -0.4 is 19.5 Å². The molecule has 0 unspecified atom stereocenters. The van der Waals surface area contributed by atoms with Crippen LogP contribution in [-0.2, 0) is 11.3 Å². The molecule has 1 fully saturated rings. The first kappa shape index (κ1) is 21.5. The molecule has 172 valence electrons. The molecule has 1 aromatic carbocycles. The average molecular weight is 449 g/mol. The topological polar surface area (TPSA) is 78.0 Å². The predicted octanol–water partition coefficient (Wildman–Crippen LogP) is 3.88. The van der Waals surface area contributed by atoms with E-state index in [0.717, 1.165) is 65.3 Å². The number of nitrogens with one attached hydrogen (secondary N) is 1. The number of aryl methyl sites for hydroxylation is 1. The fraction of sp³-hybridized carbons (Fsp3) is 0.360. The highest BCUT2D eigenvalue weighted by Gasteiger charge is 2.25. The second-order valence-electron chi connectivity index (χ2n) is 8.16. The van der Waals surface area contributed by atoms with E-state index in [0.29, 0.717) is 19.8 Å². The van der Waals surface area contributed by atoms with Crippen LogP contribution in [-0.4, -0.2) is 54.9 Å². The molecular formula is C25H28N4O4. The average Bonchev–Trinajstić information content (AvgIpc) is 2.84. The highest BCUT2D eigenvalue weighted by Crippen LogP contribution is 2.37. The zero-order valence-corrected chi connectivity index (χ0v) is 18.9. The minimum Gasteiger partial charge on any atom is -0.496 e. The number of morpholine rings is 1. The number of aromatic nitrogens is 2. The monoisotopic (exact) mass is 448 g/mol. The SMILES string of the molecule is COc1cc2c(cc1CN1CCO[C@H](c3cc(Nc4ccccn4)cc(C)n3)C1)OCCO2. The third-order valence-corrected chi connectivity index (χ3v) is 5.73. The van der Waals surface area contributed by atoms with E-state index in [2.05, 4.69) is 15.2 Å². The molecule has 8 heteroatoms. The maximum absolute atomic E-state index is 6.12. The van der Waals surface area contributed by atoms with Gasteiger partial charge in [-0.15, -0.1) is 0 Å². The second-order valence-corrected chi connectivity index (χ2v) is 8.16. The standard InChI is InChI=1S/C25H28N4O4/c1-17-11-19(28-25-5-3-4-6-26-25)13-20(27-17)24-16-29(7-8-31-24)15-18-12-22-23(14-21(18)30-2)33-10-9-32-22/h3-6,11-14,24H,7-10,15-16H2,1-2H3,(H,26,27,28)/t24-/m0/s1. The fourth-order valence-corrected chi connectivity index (χ4v) is 4.21. The van der Waals surface area contributed by atoms with Gasteiger partial charge in [-0.1, -0.05) is 6.07 Å². The Balaban J connectivity index is 1.32. The Morgan fingerprint density at radius 1 is 1.09 bits per heavy atom. The Kier molecular flexibility index (Phi) is 6.28. The van der Waals surface area contributed by atoms with Gasteiger partial charge in [0.15, 0.2) is 11.5 Å². The molecular weight excluding hydrogens is 420 g/mol. The number of anilines is 2. The van der Waals surface area contributed by atoms with Gasteiger partial charge in [-0.2, -0.15) is 0 Å². The number of hydrogen-bond acceptors (Lipinski definition) is 8. The van der Waals surface area contributed by atoms with Crippen LogP contribution in [0.4, 0.5) is 11.5 Å². The van der Waals surface area contributed by atoms with Gasteiger partial charge in [0, 0.05) is 48.8 Å². The summed E-state index contributed by atoms with van der Waals surface area (Å²) in [4.78, 5) is 11.5. The molecule has 0 bridgehead atoms. The van der Waals surface area contributed by atoms with Crippen molar-refractivity contribution in [2.45, 2.75) is 19.6 Å². The molecule has 4 heterocycles. The lowest BCUT2D eigenvalue weighted by Crippen LogP contribution is -2.38. The summed E-state index contributed by atoms with van der Waals surface area (Å²) in [5, 5.41) is 3.36. The molecule has 2 aliphatic rings. The van der Waals surface area contributed by atoms with E-state index < -0.39 is 0 Å². The molecule has 1 saturated heterocycles. The lowest BCUT2D eigenvalue weighted by molar-refractivity contribution is -0.0352. The van der Waals surface area contributed by atoms with Crippen molar-refractivity contribution in [1.82, 2.24) is 14.9 Å². The van der Waals surface area contributed by atoms with Crippen molar-refractivity contribution >= 4 is 11.5 Å². The Morgan fingerprint density at radius 3 is 2.73 bits per heavy atom. The number of benzene rings is 1. The van der Waals surface area contributed by atoms with Crippen molar-refractivity contribution in [3.8, 4) is 17.2 Å². The quantitative estimate of drug-likeness (QED) is 0.609. The minimum atomic E-state index is -0.119. The molecule has 2 aromatic heterocycles. The molecule has 1 atom stereocenters. The predicted molar refractivity (Wildman–Crippen MR) is 124 cm³/mol. The number of methoxy groups -OCH3 is 1. The van der Waals surface area contributed by atoms with Gasteiger partial charge in [-0.25, -0.2) is 4.98 Å². The first-order valence-electron chi connectivity index (χ1n) is 11.1. The first-order chi connectivity index (χ1) is 16.2. The van der Waals surface area contributed by atoms with Crippen LogP contribution in [0.3, 0.4) is 0 Å². The summed E-state index contributed by atoms with van der Waals surface area (Å²) in [5.41, 5.74) is 3.86. The highest BCUT2D eigenvalue weighted by molar-refractivity contribution is 5.57. The van der Waals surface area contributed by atoms with Crippen LogP contribution in [0.2, 0.25) is 0 Å². The Hall–Kier alpha value is -3.36. The number of ether oxygens (including phenoxy) is 4. The molecule has 8 nitrogen and oxygen atoms in total. The Morgan fingerprint density at radius 2 is 1.94 bits per heavy atom. The van der Waals surface area contributed by atoms with Gasteiger partial charge < -0.3 is 24.3 Å². The van der Waals surface area contributed by atoms with Crippen LogP contribution >= 0.6 is 0 Å². The number of rotatable bonds is 6. The van der Waals surface area contributed by atoms with E-state index in [9.17, 15) is 0 Å².